The van der Waals surface area contributed by atoms with Crippen molar-refractivity contribution in [2.75, 3.05) is 13.6 Å². The molecule has 0 radical (unpaired) electrons. The molecule has 0 aliphatic carbocycles. The van der Waals surface area contributed by atoms with Gasteiger partial charge in [0.25, 0.3) is 0 Å². The van der Waals surface area contributed by atoms with Crippen molar-refractivity contribution in [2.45, 2.75) is 33.3 Å². The summed E-state index contributed by atoms with van der Waals surface area (Å²) in [6, 6.07) is 8.86. The van der Waals surface area contributed by atoms with E-state index in [1.54, 1.807) is 6.07 Å². The molecule has 0 saturated heterocycles. The van der Waals surface area contributed by atoms with Crippen LogP contribution in [0.1, 0.15) is 41.7 Å². The Morgan fingerprint density at radius 2 is 2.07 bits per heavy atom. The molecule has 1 aliphatic rings. The van der Waals surface area contributed by atoms with E-state index in [1.165, 1.54) is 12.1 Å². The standard InChI is InChI=1S/C21H23ClFN3O/c1-5-26(4)12-24-19-9-13(2)16(8-14(19)3)21-11-20(25-27-21)15-6-7-17(22)18(23)10-15/h6-10,12,21H,5,11H2,1-4H3. The van der Waals surface area contributed by atoms with Crippen LogP contribution in [-0.2, 0) is 4.84 Å². The zero-order chi connectivity index (χ0) is 19.6. The van der Waals surface area contributed by atoms with Crippen LogP contribution in [0.3, 0.4) is 0 Å². The number of hydrogen-bond donors (Lipinski definition) is 0. The Kier molecular flexibility index (Phi) is 5.80. The van der Waals surface area contributed by atoms with Gasteiger partial charge in [-0.25, -0.2) is 9.38 Å². The number of aryl methyl sites for hydroxylation is 2. The highest BCUT2D eigenvalue weighted by Gasteiger charge is 2.26. The van der Waals surface area contributed by atoms with Crippen molar-refractivity contribution in [2.24, 2.45) is 10.1 Å². The summed E-state index contributed by atoms with van der Waals surface area (Å²) < 4.78 is 13.7. The van der Waals surface area contributed by atoms with Crippen molar-refractivity contribution in [1.29, 1.82) is 0 Å². The summed E-state index contributed by atoms with van der Waals surface area (Å²) in [6.45, 7) is 7.06. The largest absolute Gasteiger partial charge is 0.387 e. The summed E-state index contributed by atoms with van der Waals surface area (Å²) in [6.07, 6.45) is 2.24. The van der Waals surface area contributed by atoms with E-state index in [-0.39, 0.29) is 11.1 Å². The molecule has 2 aromatic rings. The molecule has 1 unspecified atom stereocenters. The first kappa shape index (κ1) is 19.4. The number of aliphatic imine (C=N–C) groups is 1. The van der Waals surface area contributed by atoms with E-state index in [0.29, 0.717) is 12.0 Å². The lowest BCUT2D eigenvalue weighted by atomic mass is 9.95. The molecule has 2 aromatic carbocycles. The zero-order valence-corrected chi connectivity index (χ0v) is 16.7. The van der Waals surface area contributed by atoms with Crippen LogP contribution in [0, 0.1) is 19.7 Å². The number of hydrogen-bond acceptors (Lipinski definition) is 3. The Balaban J connectivity index is 1.79. The summed E-state index contributed by atoms with van der Waals surface area (Å²) in [7, 11) is 1.99. The van der Waals surface area contributed by atoms with Crippen molar-refractivity contribution in [3.63, 3.8) is 0 Å². The fourth-order valence-electron chi connectivity index (χ4n) is 2.94. The van der Waals surface area contributed by atoms with E-state index in [9.17, 15) is 4.39 Å². The third-order valence-electron chi connectivity index (χ3n) is 4.75. The van der Waals surface area contributed by atoms with Crippen molar-refractivity contribution in [1.82, 2.24) is 4.90 Å². The van der Waals surface area contributed by atoms with Crippen LogP contribution in [-0.4, -0.2) is 30.5 Å². The van der Waals surface area contributed by atoms with Gasteiger partial charge in [-0.2, -0.15) is 0 Å². The minimum absolute atomic E-state index is 0.103. The van der Waals surface area contributed by atoms with Crippen molar-refractivity contribution < 1.29 is 9.23 Å². The van der Waals surface area contributed by atoms with Crippen LogP contribution in [0.5, 0.6) is 0 Å². The molecular formula is C21H23ClFN3O. The third kappa shape index (κ3) is 4.30. The van der Waals surface area contributed by atoms with E-state index in [4.69, 9.17) is 16.4 Å². The maximum Gasteiger partial charge on any atom is 0.158 e. The Labute approximate surface area is 164 Å². The quantitative estimate of drug-likeness (QED) is 0.496. The second kappa shape index (κ2) is 8.09. The molecule has 0 saturated carbocycles. The van der Waals surface area contributed by atoms with E-state index >= 15 is 0 Å². The molecule has 0 aromatic heterocycles. The van der Waals surface area contributed by atoms with Crippen LogP contribution in [0.2, 0.25) is 5.02 Å². The summed E-state index contributed by atoms with van der Waals surface area (Å²) in [5.74, 6) is -0.452. The molecule has 3 rings (SSSR count). The lowest BCUT2D eigenvalue weighted by molar-refractivity contribution is 0.0852. The Bertz CT molecular complexity index is 911. The first-order valence-corrected chi connectivity index (χ1v) is 9.30. The van der Waals surface area contributed by atoms with Gasteiger partial charge in [0.1, 0.15) is 5.82 Å². The predicted molar refractivity (Wildman–Crippen MR) is 109 cm³/mol. The molecule has 0 bridgehead atoms. The molecular weight excluding hydrogens is 365 g/mol. The molecule has 1 heterocycles. The molecule has 0 N–H and O–H groups in total. The highest BCUT2D eigenvalue weighted by Crippen LogP contribution is 2.35. The average molecular weight is 388 g/mol. The van der Waals surface area contributed by atoms with E-state index in [2.05, 4.69) is 29.2 Å². The van der Waals surface area contributed by atoms with Gasteiger partial charge in [-0.1, -0.05) is 22.8 Å². The minimum Gasteiger partial charge on any atom is -0.387 e. The Morgan fingerprint density at radius 3 is 2.78 bits per heavy atom. The van der Waals surface area contributed by atoms with Gasteiger partial charge >= 0.3 is 0 Å². The Morgan fingerprint density at radius 1 is 1.30 bits per heavy atom. The van der Waals surface area contributed by atoms with Gasteiger partial charge in [-0.15, -0.1) is 0 Å². The number of benzene rings is 2. The zero-order valence-electron chi connectivity index (χ0n) is 16.0. The normalized spacial score (nSPS) is 16.5. The average Bonchev–Trinajstić information content (AvgIpc) is 3.13. The SMILES string of the molecule is CCN(C)C=Nc1cc(C)c(C2CC(c3ccc(Cl)c(F)c3)=NO2)cc1C. The third-order valence-corrected chi connectivity index (χ3v) is 5.05. The first-order chi connectivity index (χ1) is 12.9. The van der Waals surface area contributed by atoms with Crippen LogP contribution in [0.15, 0.2) is 40.5 Å². The van der Waals surface area contributed by atoms with E-state index in [0.717, 1.165) is 34.6 Å². The maximum atomic E-state index is 13.7. The van der Waals surface area contributed by atoms with Gasteiger partial charge in [-0.3, -0.25) is 0 Å². The van der Waals surface area contributed by atoms with Gasteiger partial charge in [0.05, 0.1) is 22.8 Å². The molecule has 0 spiro atoms. The number of oxime groups is 1. The van der Waals surface area contributed by atoms with Gasteiger partial charge in [0.2, 0.25) is 0 Å². The van der Waals surface area contributed by atoms with Gasteiger partial charge in [0.15, 0.2) is 6.10 Å². The van der Waals surface area contributed by atoms with Gasteiger partial charge in [0, 0.05) is 25.6 Å². The minimum atomic E-state index is -0.452. The summed E-state index contributed by atoms with van der Waals surface area (Å²) in [5, 5.41) is 4.27. The monoisotopic (exact) mass is 387 g/mol. The van der Waals surface area contributed by atoms with Gasteiger partial charge < -0.3 is 9.74 Å². The molecule has 27 heavy (non-hydrogen) atoms. The number of rotatable bonds is 5. The van der Waals surface area contributed by atoms with E-state index < -0.39 is 5.82 Å². The molecule has 142 valence electrons. The van der Waals surface area contributed by atoms with Crippen LogP contribution >= 0.6 is 11.6 Å². The first-order valence-electron chi connectivity index (χ1n) is 8.92. The number of halogens is 2. The molecule has 4 nitrogen and oxygen atoms in total. The Hall–Kier alpha value is -2.40. The summed E-state index contributed by atoms with van der Waals surface area (Å²) in [4.78, 5) is 12.2. The second-order valence-electron chi connectivity index (χ2n) is 6.78. The highest BCUT2D eigenvalue weighted by molar-refractivity contribution is 6.30. The molecule has 1 aliphatic heterocycles. The van der Waals surface area contributed by atoms with Gasteiger partial charge in [-0.05, 0) is 61.7 Å². The highest BCUT2D eigenvalue weighted by atomic mass is 35.5. The lowest BCUT2D eigenvalue weighted by Crippen LogP contribution is -2.14. The lowest BCUT2D eigenvalue weighted by Gasteiger charge is -2.15. The number of nitrogens with zero attached hydrogens (tertiary/aromatic N) is 3. The van der Waals surface area contributed by atoms with Crippen molar-refractivity contribution in [3.8, 4) is 0 Å². The fraction of sp³-hybridized carbons (Fsp3) is 0.333. The molecule has 1 atom stereocenters. The van der Waals surface area contributed by atoms with Crippen molar-refractivity contribution >= 4 is 29.3 Å². The molecule has 0 amide bonds. The fourth-order valence-corrected chi connectivity index (χ4v) is 3.06. The summed E-state index contributed by atoms with van der Waals surface area (Å²) >= 11 is 5.76. The van der Waals surface area contributed by atoms with Crippen molar-refractivity contribution in [3.05, 3.63) is 63.4 Å². The molecule has 0 fully saturated rings. The van der Waals surface area contributed by atoms with Crippen LogP contribution in [0.25, 0.3) is 0 Å². The maximum absolute atomic E-state index is 13.7. The second-order valence-corrected chi connectivity index (χ2v) is 7.19. The predicted octanol–water partition coefficient (Wildman–Crippen LogP) is 5.57. The van der Waals surface area contributed by atoms with Crippen LogP contribution < -0.4 is 0 Å². The van der Waals surface area contributed by atoms with Crippen LogP contribution in [0.4, 0.5) is 10.1 Å². The topological polar surface area (TPSA) is 37.2 Å². The summed E-state index contributed by atoms with van der Waals surface area (Å²) in [5.41, 5.74) is 5.59. The van der Waals surface area contributed by atoms with E-state index in [1.807, 2.05) is 32.1 Å². The smallest absolute Gasteiger partial charge is 0.158 e. The molecule has 6 heteroatoms.